The van der Waals surface area contributed by atoms with Crippen molar-refractivity contribution in [3.63, 3.8) is 0 Å². The molecule has 16 nitrogen and oxygen atoms in total. The van der Waals surface area contributed by atoms with Gasteiger partial charge in [-0.15, -0.1) is 0 Å². The highest BCUT2D eigenvalue weighted by molar-refractivity contribution is 6.29. The van der Waals surface area contributed by atoms with E-state index < -0.39 is 52.9 Å². The van der Waals surface area contributed by atoms with Crippen molar-refractivity contribution in [1.82, 2.24) is 40.5 Å². The van der Waals surface area contributed by atoms with Crippen LogP contribution in [-0.2, 0) is 28.0 Å². The van der Waals surface area contributed by atoms with Gasteiger partial charge in [0.05, 0.1) is 37.2 Å². The Bertz CT molecular complexity index is 1950. The Labute approximate surface area is 380 Å². The first-order valence-electron chi connectivity index (χ1n) is 20.7. The Balaban J connectivity index is 0.000000243. The molecule has 0 aromatic carbocycles. The molecule has 0 unspecified atom stereocenters. The number of halogens is 10. The number of anilines is 2. The second kappa shape index (κ2) is 23.6. The fraction of sp³-hybridized carbons (Fsp3) is 0.650. The summed E-state index contributed by atoms with van der Waals surface area (Å²) < 4.78 is 120. The lowest BCUT2D eigenvalue weighted by atomic mass is 10.2. The molecule has 2 amide bonds. The van der Waals surface area contributed by atoms with Gasteiger partial charge < -0.3 is 42.2 Å². The van der Waals surface area contributed by atoms with Crippen molar-refractivity contribution in [2.75, 3.05) is 10.6 Å². The van der Waals surface area contributed by atoms with E-state index in [0.29, 0.717) is 24.6 Å². The molecule has 3 aromatic heterocycles. The summed E-state index contributed by atoms with van der Waals surface area (Å²) in [6.45, 7) is 10.9. The van der Waals surface area contributed by atoms with E-state index in [2.05, 4.69) is 51.2 Å². The van der Waals surface area contributed by atoms with E-state index in [-0.39, 0.29) is 53.3 Å². The van der Waals surface area contributed by atoms with Crippen molar-refractivity contribution in [1.29, 1.82) is 0 Å². The van der Waals surface area contributed by atoms with E-state index >= 15 is 0 Å². The van der Waals surface area contributed by atoms with Crippen molar-refractivity contribution in [2.24, 2.45) is 11.5 Å². The van der Waals surface area contributed by atoms with E-state index in [1.165, 1.54) is 0 Å². The highest BCUT2D eigenvalue weighted by Gasteiger charge is 2.35. The molecular formula is C40H56ClF9N12O4. The van der Waals surface area contributed by atoms with Gasteiger partial charge in [-0.2, -0.15) is 39.5 Å². The van der Waals surface area contributed by atoms with Gasteiger partial charge in [-0.3, -0.25) is 0 Å². The summed E-state index contributed by atoms with van der Waals surface area (Å²) in [5.74, 6) is 0.642. The molecule has 8 N–H and O–H groups in total. The molecule has 0 saturated heterocycles. The van der Waals surface area contributed by atoms with Crippen LogP contribution in [0.15, 0.2) is 37.2 Å². The lowest BCUT2D eigenvalue weighted by molar-refractivity contribution is -0.142. The number of nitrogens with zero attached hydrogens (tertiary/aromatic N) is 6. The van der Waals surface area contributed by atoms with Crippen LogP contribution in [0.4, 0.5) is 60.7 Å². The van der Waals surface area contributed by atoms with Gasteiger partial charge in [0, 0.05) is 36.3 Å². The second-order valence-electron chi connectivity index (χ2n) is 17.6. The minimum absolute atomic E-state index is 0.0102. The van der Waals surface area contributed by atoms with Crippen molar-refractivity contribution >= 4 is 35.4 Å². The zero-order chi connectivity index (χ0) is 49.7. The van der Waals surface area contributed by atoms with Crippen LogP contribution < -0.4 is 32.7 Å². The van der Waals surface area contributed by atoms with Crippen LogP contribution in [0.5, 0.6) is 0 Å². The molecule has 66 heavy (non-hydrogen) atoms. The Morgan fingerprint density at radius 2 is 0.848 bits per heavy atom. The number of hydrogen-bond acceptors (Lipinski definition) is 14. The second-order valence-corrected chi connectivity index (χ2v) is 18.0. The van der Waals surface area contributed by atoms with Crippen molar-refractivity contribution < 1.29 is 58.6 Å². The summed E-state index contributed by atoms with van der Waals surface area (Å²) in [4.78, 5) is 43.5. The Hall–Kier alpha value is -5.04. The molecule has 3 heterocycles. The maximum atomic E-state index is 12.4. The van der Waals surface area contributed by atoms with E-state index in [1.54, 1.807) is 20.8 Å². The van der Waals surface area contributed by atoms with Crippen LogP contribution in [-0.4, -0.2) is 89.5 Å². The van der Waals surface area contributed by atoms with Crippen LogP contribution >= 0.6 is 11.6 Å². The molecule has 0 aliphatic heterocycles. The average molecular weight is 975 g/mol. The van der Waals surface area contributed by atoms with Gasteiger partial charge in [-0.1, -0.05) is 11.6 Å². The first kappa shape index (κ1) is 55.3. The fourth-order valence-electron chi connectivity index (χ4n) is 6.46. The van der Waals surface area contributed by atoms with Gasteiger partial charge in [-0.05, 0) is 99.3 Å². The molecule has 3 fully saturated rings. The molecule has 26 heteroatoms. The zero-order valence-corrected chi connectivity index (χ0v) is 37.8. The molecular weight excluding hydrogens is 919 g/mol. The first-order valence-corrected chi connectivity index (χ1v) is 21.1. The molecule has 3 aliphatic rings. The summed E-state index contributed by atoms with van der Waals surface area (Å²) in [6.07, 6.45) is -1.55. The van der Waals surface area contributed by atoms with Crippen molar-refractivity contribution in [3.05, 3.63) is 59.4 Å². The van der Waals surface area contributed by atoms with E-state index in [4.69, 9.17) is 32.5 Å². The van der Waals surface area contributed by atoms with E-state index in [9.17, 15) is 49.1 Å². The molecule has 370 valence electrons. The fourth-order valence-corrected chi connectivity index (χ4v) is 6.56. The summed E-state index contributed by atoms with van der Waals surface area (Å²) in [6, 6.07) is 0.733. The molecule has 3 saturated carbocycles. The highest BCUT2D eigenvalue weighted by atomic mass is 35.5. The Morgan fingerprint density at radius 1 is 0.515 bits per heavy atom. The number of aromatic nitrogens is 6. The molecule has 3 aliphatic carbocycles. The summed E-state index contributed by atoms with van der Waals surface area (Å²) in [5, 5.41) is 11.6. The monoisotopic (exact) mass is 974 g/mol. The molecule has 6 rings (SSSR count). The maximum Gasteiger partial charge on any atom is 0.434 e. The third-order valence-electron chi connectivity index (χ3n) is 9.32. The summed E-state index contributed by atoms with van der Waals surface area (Å²) in [5.41, 5.74) is 7.44. The van der Waals surface area contributed by atoms with Gasteiger partial charge in [-0.25, -0.2) is 39.5 Å². The van der Waals surface area contributed by atoms with Crippen molar-refractivity contribution in [3.8, 4) is 0 Å². The minimum Gasteiger partial charge on any atom is -0.444 e. The first-order chi connectivity index (χ1) is 30.3. The number of rotatable bonds is 6. The number of hydrogen-bond donors (Lipinski definition) is 6. The zero-order valence-electron chi connectivity index (χ0n) is 37.0. The van der Waals surface area contributed by atoms with E-state index in [0.717, 1.165) is 76.2 Å². The summed E-state index contributed by atoms with van der Waals surface area (Å²) >= 11 is 5.22. The number of alkyl halides is 9. The van der Waals surface area contributed by atoms with E-state index in [1.807, 2.05) is 20.8 Å². The maximum absolute atomic E-state index is 12.4. The van der Waals surface area contributed by atoms with Crippen LogP contribution in [0.1, 0.15) is 116 Å². The number of carbonyl (C=O) groups excluding carboxylic acids is 2. The largest absolute Gasteiger partial charge is 0.444 e. The number of amides is 2. The molecule has 6 atom stereocenters. The quantitative estimate of drug-likeness (QED) is 0.127. The third-order valence-corrected chi connectivity index (χ3v) is 9.52. The molecule has 0 radical (unpaired) electrons. The van der Waals surface area contributed by atoms with Gasteiger partial charge in [0.1, 0.15) is 28.0 Å². The van der Waals surface area contributed by atoms with Crippen LogP contribution in [0.3, 0.4) is 0 Å². The Morgan fingerprint density at radius 3 is 1.17 bits per heavy atom. The number of alkyl carbamates (subject to hydrolysis) is 2. The van der Waals surface area contributed by atoms with Gasteiger partial charge in [0.15, 0.2) is 17.1 Å². The normalized spacial score (nSPS) is 22.0. The lowest BCUT2D eigenvalue weighted by Gasteiger charge is -2.22. The third kappa shape index (κ3) is 21.5. The molecule has 3 aromatic rings. The van der Waals surface area contributed by atoms with Gasteiger partial charge >= 0.3 is 30.7 Å². The predicted molar refractivity (Wildman–Crippen MR) is 225 cm³/mol. The topological polar surface area (TPSA) is 230 Å². The minimum atomic E-state index is -4.50. The highest BCUT2D eigenvalue weighted by Crippen LogP contribution is 2.30. The Kier molecular flexibility index (Phi) is 19.8. The van der Waals surface area contributed by atoms with Gasteiger partial charge in [0.2, 0.25) is 0 Å². The number of nitrogens with two attached hydrogens (primary N) is 2. The van der Waals surface area contributed by atoms with Crippen LogP contribution in [0, 0.1) is 0 Å². The van der Waals surface area contributed by atoms with Gasteiger partial charge in [0.25, 0.3) is 0 Å². The smallest absolute Gasteiger partial charge is 0.434 e. The van der Waals surface area contributed by atoms with Crippen LogP contribution in [0.25, 0.3) is 0 Å². The molecule has 0 spiro atoms. The van der Waals surface area contributed by atoms with Crippen LogP contribution in [0.2, 0.25) is 5.15 Å². The molecule has 0 bridgehead atoms. The summed E-state index contributed by atoms with van der Waals surface area (Å²) in [7, 11) is 0. The average Bonchev–Trinajstić information content (AvgIpc) is 3.91. The predicted octanol–water partition coefficient (Wildman–Crippen LogP) is 8.68. The lowest BCUT2D eigenvalue weighted by Crippen LogP contribution is -2.38. The number of nitrogens with one attached hydrogen (secondary N) is 4. The SMILES string of the molecule is CC(C)(C)OC(=O)N[C@@H]1CC[C@H](N)C1.CC(C)(C)OC(=O)N[C@@H]1CC[C@H](Nc2cnc(C(F)(F)F)cn2)C1.FC(F)(F)c1cnc(Cl)cn1.N[C@@H]1CC[C@H](Nc2cnc(C(F)(F)F)cn2)C1. The number of carbonyl (C=O) groups is 2. The number of ether oxygens (including phenoxy) is 2. The van der Waals surface area contributed by atoms with Crippen molar-refractivity contribution in [2.45, 2.75) is 165 Å². The standard InChI is InChI=1S/C15H21F3N4O2.C10H13F3N4.C10H20N2O2.C5H2ClF3N2/c1-14(2,3)24-13(23)22-10-5-4-9(6-10)21-12-8-19-11(7-20-12)15(16,17)18;11-10(12,13)8-4-16-9(5-15-8)17-7-2-1-6(14)3-7;1-10(2,3)14-9(13)12-8-5-4-7(11)6-8;6-4-2-10-3(1-11-4)5(7,8)9/h7-10H,4-6H2,1-3H3,(H,20,21)(H,22,23);4-7H,1-3,14H2,(H,16,17);7-8H,4-6,11H2,1-3H3,(H,12,13);1-2H/t9-,10+;6-,7+;7-,8+;/m010./s1.